The highest BCUT2D eigenvalue weighted by atomic mass is 16.5. The molecule has 0 saturated carbocycles. The molecule has 6 nitrogen and oxygen atoms in total. The second-order valence-corrected chi connectivity index (χ2v) is 5.09. The molecule has 1 aromatic carbocycles. The van der Waals surface area contributed by atoms with Crippen molar-refractivity contribution in [2.24, 2.45) is 5.73 Å². The van der Waals surface area contributed by atoms with Gasteiger partial charge in [-0.05, 0) is 43.5 Å². The van der Waals surface area contributed by atoms with Gasteiger partial charge < -0.3 is 15.8 Å². The molecule has 0 spiro atoms. The first-order chi connectivity index (χ1) is 10.0. The van der Waals surface area contributed by atoms with E-state index >= 15 is 0 Å². The summed E-state index contributed by atoms with van der Waals surface area (Å²) in [5, 5.41) is 5.46. The molecule has 21 heavy (non-hydrogen) atoms. The summed E-state index contributed by atoms with van der Waals surface area (Å²) in [6.45, 7) is 4.58. The zero-order chi connectivity index (χ0) is 15.4. The van der Waals surface area contributed by atoms with Gasteiger partial charge in [0.1, 0.15) is 5.75 Å². The predicted molar refractivity (Wildman–Crippen MR) is 79.0 cm³/mol. The molecule has 6 heteroatoms. The summed E-state index contributed by atoms with van der Waals surface area (Å²) in [5.74, 6) is 0.154. The summed E-state index contributed by atoms with van der Waals surface area (Å²) < 4.78 is 5.70. The minimum atomic E-state index is -0.874. The van der Waals surface area contributed by atoms with E-state index in [1.807, 2.05) is 17.4 Å². The lowest BCUT2D eigenvalue weighted by atomic mass is 10.1. The number of fused-ring (bicyclic) bond motifs is 1. The number of benzene rings is 1. The number of primary amides is 1. The van der Waals surface area contributed by atoms with Crippen LogP contribution in [0, 0.1) is 0 Å². The molecule has 0 aromatic heterocycles. The Hall–Kier alpha value is -2.08. The van der Waals surface area contributed by atoms with Gasteiger partial charge in [-0.1, -0.05) is 19.1 Å². The first-order valence-corrected chi connectivity index (χ1v) is 7.15. The van der Waals surface area contributed by atoms with Crippen molar-refractivity contribution in [3.8, 4) is 5.75 Å². The van der Waals surface area contributed by atoms with E-state index in [1.165, 1.54) is 5.56 Å². The molecule has 2 atom stereocenters. The van der Waals surface area contributed by atoms with Crippen molar-refractivity contribution in [2.45, 2.75) is 38.8 Å². The Morgan fingerprint density at radius 2 is 2.24 bits per heavy atom. The number of nitrogens with one attached hydrogen (secondary N) is 2. The second kappa shape index (κ2) is 6.58. The number of hydrogen-bond donors (Lipinski definition) is 3. The van der Waals surface area contributed by atoms with Crippen LogP contribution in [-0.2, 0) is 11.2 Å². The van der Waals surface area contributed by atoms with Crippen molar-refractivity contribution in [3.63, 3.8) is 0 Å². The number of imide groups is 1. The van der Waals surface area contributed by atoms with E-state index in [2.05, 4.69) is 18.3 Å². The van der Waals surface area contributed by atoms with Gasteiger partial charge in [0.05, 0.1) is 0 Å². The van der Waals surface area contributed by atoms with E-state index in [4.69, 9.17) is 10.5 Å². The molecule has 0 bridgehead atoms. The van der Waals surface area contributed by atoms with Gasteiger partial charge in [0, 0.05) is 6.04 Å². The largest absolute Gasteiger partial charge is 0.481 e. The van der Waals surface area contributed by atoms with Crippen molar-refractivity contribution in [3.05, 3.63) is 29.3 Å². The Morgan fingerprint density at radius 1 is 1.48 bits per heavy atom. The molecule has 0 fully saturated rings. The number of nitrogens with two attached hydrogens (primary N) is 1. The molecule has 2 unspecified atom stereocenters. The zero-order valence-corrected chi connectivity index (χ0v) is 12.3. The standard InChI is InChI=1S/C15H21N3O3/c1-3-17-12-8-7-11-10(12)5-4-6-13(11)21-9(2)14(19)18-15(16)20/h4-6,9,12,17H,3,7-8H2,1-2H3,(H3,16,18,19,20). The van der Waals surface area contributed by atoms with E-state index in [0.717, 1.165) is 24.9 Å². The smallest absolute Gasteiger partial charge is 0.318 e. The van der Waals surface area contributed by atoms with Crippen LogP contribution in [0.1, 0.15) is 37.4 Å². The van der Waals surface area contributed by atoms with Gasteiger partial charge >= 0.3 is 6.03 Å². The topological polar surface area (TPSA) is 93.4 Å². The molecule has 4 N–H and O–H groups in total. The Labute approximate surface area is 124 Å². The van der Waals surface area contributed by atoms with Crippen LogP contribution >= 0.6 is 0 Å². The quantitative estimate of drug-likeness (QED) is 0.761. The van der Waals surface area contributed by atoms with E-state index in [1.54, 1.807) is 6.92 Å². The molecule has 114 valence electrons. The third kappa shape index (κ3) is 3.52. The lowest BCUT2D eigenvalue weighted by Gasteiger charge is -2.17. The molecule has 0 heterocycles. The van der Waals surface area contributed by atoms with Crippen LogP contribution < -0.4 is 21.1 Å². The summed E-state index contributed by atoms with van der Waals surface area (Å²) in [5.41, 5.74) is 7.28. The Balaban J connectivity index is 2.12. The third-order valence-electron chi connectivity index (χ3n) is 3.60. The fourth-order valence-electron chi connectivity index (χ4n) is 2.66. The average Bonchev–Trinajstić information content (AvgIpc) is 2.83. The fourth-order valence-corrected chi connectivity index (χ4v) is 2.66. The van der Waals surface area contributed by atoms with E-state index < -0.39 is 18.0 Å². The highest BCUT2D eigenvalue weighted by Gasteiger charge is 2.26. The van der Waals surface area contributed by atoms with Gasteiger partial charge in [-0.3, -0.25) is 10.1 Å². The van der Waals surface area contributed by atoms with Gasteiger partial charge in [0.15, 0.2) is 6.10 Å². The van der Waals surface area contributed by atoms with Crippen LogP contribution in [-0.4, -0.2) is 24.6 Å². The van der Waals surface area contributed by atoms with Gasteiger partial charge in [-0.25, -0.2) is 4.79 Å². The second-order valence-electron chi connectivity index (χ2n) is 5.09. The molecular formula is C15H21N3O3. The Morgan fingerprint density at radius 3 is 2.90 bits per heavy atom. The first kappa shape index (κ1) is 15.3. The maximum absolute atomic E-state index is 11.7. The summed E-state index contributed by atoms with van der Waals surface area (Å²) in [4.78, 5) is 22.4. The summed E-state index contributed by atoms with van der Waals surface area (Å²) in [6, 6.07) is 5.31. The molecular weight excluding hydrogens is 270 g/mol. The number of amides is 3. The van der Waals surface area contributed by atoms with Gasteiger partial charge in [-0.15, -0.1) is 0 Å². The third-order valence-corrected chi connectivity index (χ3v) is 3.60. The van der Waals surface area contributed by atoms with E-state index in [-0.39, 0.29) is 0 Å². The number of urea groups is 1. The minimum absolute atomic E-state index is 0.336. The molecule has 0 aliphatic heterocycles. The predicted octanol–water partition coefficient (Wildman–Crippen LogP) is 1.25. The SMILES string of the molecule is CCNC1CCc2c(OC(C)C(=O)NC(N)=O)cccc21. The lowest BCUT2D eigenvalue weighted by Crippen LogP contribution is -2.42. The molecule has 1 aromatic rings. The van der Waals surface area contributed by atoms with Crippen LogP contribution in [0.4, 0.5) is 4.79 Å². The maximum Gasteiger partial charge on any atom is 0.318 e. The van der Waals surface area contributed by atoms with Gasteiger partial charge in [0.2, 0.25) is 0 Å². The Kier molecular flexibility index (Phi) is 4.80. The number of ether oxygens (including phenoxy) is 1. The monoisotopic (exact) mass is 291 g/mol. The summed E-state index contributed by atoms with van der Waals surface area (Å²) in [6.07, 6.45) is 1.15. The van der Waals surface area contributed by atoms with Crippen molar-refractivity contribution in [2.75, 3.05) is 6.54 Å². The van der Waals surface area contributed by atoms with Crippen LogP contribution in [0.25, 0.3) is 0 Å². The molecule has 0 radical (unpaired) electrons. The minimum Gasteiger partial charge on any atom is -0.481 e. The number of rotatable bonds is 5. The van der Waals surface area contributed by atoms with Crippen molar-refractivity contribution in [1.29, 1.82) is 0 Å². The van der Waals surface area contributed by atoms with E-state index in [9.17, 15) is 9.59 Å². The van der Waals surface area contributed by atoms with Gasteiger partial charge in [-0.2, -0.15) is 0 Å². The first-order valence-electron chi connectivity index (χ1n) is 7.15. The number of hydrogen-bond acceptors (Lipinski definition) is 4. The van der Waals surface area contributed by atoms with Crippen molar-refractivity contribution in [1.82, 2.24) is 10.6 Å². The molecule has 3 amide bonds. The fraction of sp³-hybridized carbons (Fsp3) is 0.467. The van der Waals surface area contributed by atoms with Crippen LogP contribution in [0.3, 0.4) is 0 Å². The maximum atomic E-state index is 11.7. The van der Waals surface area contributed by atoms with Crippen LogP contribution in [0.2, 0.25) is 0 Å². The molecule has 1 aliphatic carbocycles. The van der Waals surface area contributed by atoms with Crippen LogP contribution in [0.5, 0.6) is 5.75 Å². The molecule has 0 saturated heterocycles. The average molecular weight is 291 g/mol. The lowest BCUT2D eigenvalue weighted by molar-refractivity contribution is -0.126. The highest BCUT2D eigenvalue weighted by molar-refractivity contribution is 5.95. The molecule has 2 rings (SSSR count). The normalized spacial score (nSPS) is 17.9. The summed E-state index contributed by atoms with van der Waals surface area (Å²) >= 11 is 0. The van der Waals surface area contributed by atoms with Gasteiger partial charge in [0.25, 0.3) is 5.91 Å². The van der Waals surface area contributed by atoms with E-state index in [0.29, 0.717) is 11.8 Å². The number of carbonyl (C=O) groups is 2. The number of carbonyl (C=O) groups excluding carboxylic acids is 2. The zero-order valence-electron chi connectivity index (χ0n) is 12.3. The molecule has 1 aliphatic rings. The van der Waals surface area contributed by atoms with Crippen LogP contribution in [0.15, 0.2) is 18.2 Å². The van der Waals surface area contributed by atoms with Crippen molar-refractivity contribution < 1.29 is 14.3 Å². The Bertz CT molecular complexity index is 545. The highest BCUT2D eigenvalue weighted by Crippen LogP contribution is 2.37. The summed E-state index contributed by atoms with van der Waals surface area (Å²) in [7, 11) is 0. The van der Waals surface area contributed by atoms with Crippen molar-refractivity contribution >= 4 is 11.9 Å².